The van der Waals surface area contributed by atoms with E-state index in [1.165, 1.54) is 11.3 Å². The second-order valence-electron chi connectivity index (χ2n) is 3.30. The number of methoxy groups -OCH3 is 1. The van der Waals surface area contributed by atoms with Gasteiger partial charge in [0.2, 0.25) is 5.82 Å². The van der Waals surface area contributed by atoms with Crippen LogP contribution in [0.3, 0.4) is 0 Å². The standard InChI is InChI=1S/C10H13N3O2S/c1-3-7(14-2)9-12-10(15-13-9)8-6(11)4-5-16-8/h4-5,7H,3,11H2,1-2H3. The summed E-state index contributed by atoms with van der Waals surface area (Å²) in [5, 5.41) is 5.79. The number of hydrogen-bond donors (Lipinski definition) is 1. The first-order chi connectivity index (χ1) is 7.76. The molecule has 0 amide bonds. The molecule has 0 aliphatic heterocycles. The van der Waals surface area contributed by atoms with Crippen LogP contribution in [0.1, 0.15) is 25.3 Å². The predicted octanol–water partition coefficient (Wildman–Crippen LogP) is 2.48. The Kier molecular flexibility index (Phi) is 3.21. The van der Waals surface area contributed by atoms with E-state index in [0.29, 0.717) is 17.4 Å². The summed E-state index contributed by atoms with van der Waals surface area (Å²) in [5.41, 5.74) is 6.43. The van der Waals surface area contributed by atoms with Crippen molar-refractivity contribution in [1.82, 2.24) is 10.1 Å². The molecule has 1 unspecified atom stereocenters. The number of thiophene rings is 1. The van der Waals surface area contributed by atoms with E-state index < -0.39 is 0 Å². The summed E-state index contributed by atoms with van der Waals surface area (Å²) in [6.45, 7) is 2.00. The van der Waals surface area contributed by atoms with E-state index in [1.54, 1.807) is 7.11 Å². The molecule has 0 saturated carbocycles. The summed E-state index contributed by atoms with van der Waals surface area (Å²) in [6, 6.07) is 1.82. The van der Waals surface area contributed by atoms with E-state index in [0.717, 1.165) is 11.3 Å². The van der Waals surface area contributed by atoms with Crippen LogP contribution in [0.15, 0.2) is 16.0 Å². The highest BCUT2D eigenvalue weighted by Crippen LogP contribution is 2.31. The van der Waals surface area contributed by atoms with Crippen LogP contribution in [-0.2, 0) is 4.74 Å². The molecule has 1 atom stereocenters. The minimum absolute atomic E-state index is 0.126. The van der Waals surface area contributed by atoms with Gasteiger partial charge in [0.15, 0.2) is 0 Å². The highest BCUT2D eigenvalue weighted by molar-refractivity contribution is 7.14. The molecule has 2 N–H and O–H groups in total. The number of nitrogens with zero attached hydrogens (tertiary/aromatic N) is 2. The number of nitrogen functional groups attached to an aromatic ring is 1. The SMILES string of the molecule is CCC(OC)c1noc(-c2sccc2N)n1. The third-order valence-electron chi connectivity index (χ3n) is 2.27. The molecule has 0 fully saturated rings. The summed E-state index contributed by atoms with van der Waals surface area (Å²) in [6.07, 6.45) is 0.675. The third-order valence-corrected chi connectivity index (χ3v) is 3.19. The Labute approximate surface area is 97.2 Å². The van der Waals surface area contributed by atoms with Gasteiger partial charge in [0.25, 0.3) is 5.89 Å². The van der Waals surface area contributed by atoms with Crippen molar-refractivity contribution in [2.24, 2.45) is 0 Å². The molecule has 0 aliphatic rings. The molecule has 0 aliphatic carbocycles. The van der Waals surface area contributed by atoms with Gasteiger partial charge in [0, 0.05) is 7.11 Å². The highest BCUT2D eigenvalue weighted by Gasteiger charge is 2.18. The molecular weight excluding hydrogens is 226 g/mol. The second-order valence-corrected chi connectivity index (χ2v) is 4.21. The van der Waals surface area contributed by atoms with Gasteiger partial charge in [-0.1, -0.05) is 12.1 Å². The van der Waals surface area contributed by atoms with Gasteiger partial charge in [-0.05, 0) is 17.9 Å². The summed E-state index contributed by atoms with van der Waals surface area (Å²) < 4.78 is 10.4. The Morgan fingerprint density at radius 2 is 2.44 bits per heavy atom. The zero-order valence-electron chi connectivity index (χ0n) is 9.14. The van der Waals surface area contributed by atoms with Gasteiger partial charge >= 0.3 is 0 Å². The summed E-state index contributed by atoms with van der Waals surface area (Å²) in [5.74, 6) is 1.02. The first-order valence-electron chi connectivity index (χ1n) is 4.96. The average Bonchev–Trinajstić information content (AvgIpc) is 2.89. The maximum absolute atomic E-state index is 5.77. The molecule has 0 radical (unpaired) electrons. The van der Waals surface area contributed by atoms with Crippen molar-refractivity contribution in [2.75, 3.05) is 12.8 Å². The van der Waals surface area contributed by atoms with Crippen molar-refractivity contribution < 1.29 is 9.26 Å². The van der Waals surface area contributed by atoms with Crippen LogP contribution >= 0.6 is 11.3 Å². The quantitative estimate of drug-likeness (QED) is 0.887. The number of anilines is 1. The minimum Gasteiger partial charge on any atom is -0.397 e. The summed E-state index contributed by atoms with van der Waals surface area (Å²) in [4.78, 5) is 5.09. The van der Waals surface area contributed by atoms with Gasteiger partial charge in [-0.25, -0.2) is 0 Å². The smallest absolute Gasteiger partial charge is 0.270 e. The normalized spacial score (nSPS) is 12.9. The number of rotatable bonds is 4. The molecule has 2 rings (SSSR count). The zero-order chi connectivity index (χ0) is 11.5. The summed E-state index contributed by atoms with van der Waals surface area (Å²) in [7, 11) is 1.63. The van der Waals surface area contributed by atoms with Crippen molar-refractivity contribution in [1.29, 1.82) is 0 Å². The fraction of sp³-hybridized carbons (Fsp3) is 0.400. The Morgan fingerprint density at radius 3 is 3.00 bits per heavy atom. The Balaban J connectivity index is 2.29. The van der Waals surface area contributed by atoms with E-state index in [2.05, 4.69) is 10.1 Å². The minimum atomic E-state index is -0.126. The molecule has 0 aromatic carbocycles. The molecule has 86 valence electrons. The molecule has 0 spiro atoms. The van der Waals surface area contributed by atoms with Gasteiger partial charge in [-0.15, -0.1) is 11.3 Å². The molecule has 6 heteroatoms. The zero-order valence-corrected chi connectivity index (χ0v) is 9.95. The fourth-order valence-corrected chi connectivity index (χ4v) is 2.14. The molecule has 2 heterocycles. The lowest BCUT2D eigenvalue weighted by atomic mass is 10.2. The fourth-order valence-electron chi connectivity index (χ4n) is 1.41. The van der Waals surface area contributed by atoms with Gasteiger partial charge in [-0.2, -0.15) is 4.98 Å². The molecule has 2 aromatic rings. The van der Waals surface area contributed by atoms with Crippen molar-refractivity contribution in [3.8, 4) is 10.8 Å². The molecular formula is C10H13N3O2S. The molecule has 0 bridgehead atoms. The number of nitrogens with two attached hydrogens (primary N) is 1. The maximum atomic E-state index is 5.77. The highest BCUT2D eigenvalue weighted by atomic mass is 32.1. The molecule has 0 saturated heterocycles. The molecule has 16 heavy (non-hydrogen) atoms. The maximum Gasteiger partial charge on any atom is 0.270 e. The number of ether oxygens (including phenoxy) is 1. The van der Waals surface area contributed by atoms with E-state index in [4.69, 9.17) is 15.0 Å². The summed E-state index contributed by atoms with van der Waals surface area (Å²) >= 11 is 1.48. The Bertz CT molecular complexity index is 462. The van der Waals surface area contributed by atoms with E-state index in [-0.39, 0.29) is 6.10 Å². The molecule has 2 aromatic heterocycles. The van der Waals surface area contributed by atoms with Gasteiger partial charge < -0.3 is 15.0 Å². The van der Waals surface area contributed by atoms with Gasteiger partial charge in [0.05, 0.1) is 5.69 Å². The second kappa shape index (κ2) is 4.63. The first-order valence-corrected chi connectivity index (χ1v) is 5.84. The topological polar surface area (TPSA) is 74.2 Å². The lowest BCUT2D eigenvalue weighted by Crippen LogP contribution is -2.01. The van der Waals surface area contributed by atoms with Gasteiger partial charge in [0.1, 0.15) is 11.0 Å². The first kappa shape index (κ1) is 11.1. The van der Waals surface area contributed by atoms with E-state index in [9.17, 15) is 0 Å². The van der Waals surface area contributed by atoms with Crippen LogP contribution in [0.5, 0.6) is 0 Å². The van der Waals surface area contributed by atoms with E-state index in [1.807, 2.05) is 18.4 Å². The monoisotopic (exact) mass is 239 g/mol. The average molecular weight is 239 g/mol. The Hall–Kier alpha value is -1.40. The number of aromatic nitrogens is 2. The van der Waals surface area contributed by atoms with Crippen molar-refractivity contribution in [2.45, 2.75) is 19.4 Å². The van der Waals surface area contributed by atoms with Crippen molar-refractivity contribution in [3.05, 3.63) is 17.3 Å². The molecule has 5 nitrogen and oxygen atoms in total. The largest absolute Gasteiger partial charge is 0.397 e. The van der Waals surface area contributed by atoms with Crippen LogP contribution in [-0.4, -0.2) is 17.3 Å². The van der Waals surface area contributed by atoms with Crippen LogP contribution in [0, 0.1) is 0 Å². The van der Waals surface area contributed by atoms with Crippen LogP contribution in [0.4, 0.5) is 5.69 Å². The van der Waals surface area contributed by atoms with Crippen molar-refractivity contribution >= 4 is 17.0 Å². The van der Waals surface area contributed by atoms with Crippen LogP contribution in [0.2, 0.25) is 0 Å². The van der Waals surface area contributed by atoms with Crippen LogP contribution in [0.25, 0.3) is 10.8 Å². The van der Waals surface area contributed by atoms with E-state index >= 15 is 0 Å². The lowest BCUT2D eigenvalue weighted by molar-refractivity contribution is 0.0903. The van der Waals surface area contributed by atoms with Crippen molar-refractivity contribution in [3.63, 3.8) is 0 Å². The van der Waals surface area contributed by atoms with Crippen LogP contribution < -0.4 is 5.73 Å². The third kappa shape index (κ3) is 1.94. The van der Waals surface area contributed by atoms with Gasteiger partial charge in [-0.3, -0.25) is 0 Å². The predicted molar refractivity (Wildman–Crippen MR) is 62.1 cm³/mol. The Morgan fingerprint density at radius 1 is 1.62 bits per heavy atom. The lowest BCUT2D eigenvalue weighted by Gasteiger charge is -2.05. The number of hydrogen-bond acceptors (Lipinski definition) is 6.